The summed E-state index contributed by atoms with van der Waals surface area (Å²) in [6, 6.07) is 12.8. The number of nitrogens with one attached hydrogen (secondary N) is 7. The molecule has 26 heteroatoms. The predicted octanol–water partition coefficient (Wildman–Crippen LogP) is -1.51. The molecule has 5 atom stereocenters. The van der Waals surface area contributed by atoms with Crippen molar-refractivity contribution in [3.8, 4) is 0 Å². The second kappa shape index (κ2) is 26.3. The number of fused-ring (bicyclic) bond motifs is 1. The average molecular weight is 1000 g/mol. The summed E-state index contributed by atoms with van der Waals surface area (Å²) in [4.78, 5) is 129. The van der Waals surface area contributed by atoms with Gasteiger partial charge in [0.2, 0.25) is 23.6 Å². The van der Waals surface area contributed by atoms with Crippen molar-refractivity contribution < 1.29 is 75.2 Å². The van der Waals surface area contributed by atoms with Gasteiger partial charge in [0.1, 0.15) is 6.04 Å². The fourth-order valence-electron chi connectivity index (χ4n) is 7.14. The third-order valence-corrected chi connectivity index (χ3v) is 13.3. The Labute approximate surface area is 400 Å². The highest BCUT2D eigenvalue weighted by molar-refractivity contribution is 8.00. The molecule has 2 aromatic rings. The lowest BCUT2D eigenvalue weighted by Gasteiger charge is -2.19. The van der Waals surface area contributed by atoms with E-state index in [9.17, 15) is 56.4 Å². The number of hydrogen-bond donors (Lipinski definition) is 8. The van der Waals surface area contributed by atoms with Gasteiger partial charge in [0.25, 0.3) is 27.8 Å². The largest absolute Gasteiger partial charge is 0.377 e. The predicted molar refractivity (Wildman–Crippen MR) is 242 cm³/mol. The lowest BCUT2D eigenvalue weighted by molar-refractivity contribution is -0.197. The number of unbranched alkanes of at least 4 members (excludes halogenated alkanes) is 1. The van der Waals surface area contributed by atoms with Gasteiger partial charge in [-0.15, -0.1) is 5.06 Å². The van der Waals surface area contributed by atoms with E-state index in [1.54, 1.807) is 30.3 Å². The molecule has 24 nitrogen and oxygen atoms in total. The van der Waals surface area contributed by atoms with E-state index in [2.05, 4.69) is 42.1 Å². The van der Waals surface area contributed by atoms with Gasteiger partial charge in [0.15, 0.2) is 11.0 Å². The van der Waals surface area contributed by atoms with Crippen molar-refractivity contribution in [1.29, 1.82) is 0 Å². The zero-order chi connectivity index (χ0) is 49.9. The third-order valence-electron chi connectivity index (χ3n) is 10.7. The van der Waals surface area contributed by atoms with Crippen molar-refractivity contribution in [2.24, 2.45) is 0 Å². The number of hydrogen-bond acceptors (Lipinski definition) is 16. The number of rotatable bonds is 28. The van der Waals surface area contributed by atoms with E-state index in [4.69, 9.17) is 14.0 Å². The molecule has 0 bridgehead atoms. The summed E-state index contributed by atoms with van der Waals surface area (Å²) in [5, 5.41) is 16.5. The number of ether oxygens (including phenoxy) is 2. The third kappa shape index (κ3) is 16.9. The van der Waals surface area contributed by atoms with Crippen molar-refractivity contribution in [2.45, 2.75) is 73.6 Å². The summed E-state index contributed by atoms with van der Waals surface area (Å²) >= 11 is 1.84. The summed E-state index contributed by atoms with van der Waals surface area (Å²) in [5.74, 6) is -6.69. The first-order valence-corrected chi connectivity index (χ1v) is 24.5. The number of carbonyl (C=O) groups is 10. The molecule has 0 spiro atoms. The van der Waals surface area contributed by atoms with Crippen LogP contribution in [0, 0.1) is 0 Å². The zero-order valence-corrected chi connectivity index (χ0v) is 38.9. The molecule has 0 saturated carbocycles. The number of amides is 9. The summed E-state index contributed by atoms with van der Waals surface area (Å²) in [7, 11) is -4.98. The van der Waals surface area contributed by atoms with E-state index in [1.807, 2.05) is 11.8 Å². The van der Waals surface area contributed by atoms with Gasteiger partial charge >= 0.3 is 12.0 Å². The quantitative estimate of drug-likeness (QED) is 0.0158. The molecule has 3 saturated heterocycles. The molecule has 69 heavy (non-hydrogen) atoms. The maximum Gasteiger partial charge on any atom is 0.333 e. The maximum absolute atomic E-state index is 13.2. The van der Waals surface area contributed by atoms with Crippen LogP contribution in [0.5, 0.6) is 0 Å². The number of ketones is 1. The topological polar surface area (TPSA) is 340 Å². The molecule has 3 aliphatic heterocycles. The summed E-state index contributed by atoms with van der Waals surface area (Å²) in [6.07, 6.45) is 0.519. The van der Waals surface area contributed by atoms with E-state index in [-0.39, 0.29) is 73.4 Å². The van der Waals surface area contributed by atoms with Crippen LogP contribution in [0.1, 0.15) is 71.2 Å². The Balaban J connectivity index is 0.980. The van der Waals surface area contributed by atoms with E-state index in [0.29, 0.717) is 29.3 Å². The molecule has 5 rings (SSSR count). The van der Waals surface area contributed by atoms with Gasteiger partial charge in [0.05, 0.1) is 57.9 Å². The standard InChI is InChI=1S/C43H54N8O16S2/c52-33(9-5-4-8-31-38-30(25-68-31)49-43(61)50-38)44-16-18-65-20-21-66-19-17-45-35(54)24-47-41(59)29(23-46-40(58)28-12-10-27(11-13-28)39(57)26-6-2-1-3-7-26)48-34(53)14-15-37(56)67-51-36(55)22-32(42(51)60)69(62,63)64/h1-3,6-7,10-13,29-32,38H,4-5,8-9,14-25H2,(H,44,52)(H,45,54)(H,46,58)(H,47,59)(H,48,53)(H2,49,50,61)(H,62,63,64)/t29-,30-,31-,32?,38-/m0/s1. The molecule has 3 aliphatic rings. The molecule has 3 heterocycles. The molecule has 1 unspecified atom stereocenters. The highest BCUT2D eigenvalue weighted by Gasteiger charge is 2.48. The number of imide groups is 1. The van der Waals surface area contributed by atoms with Crippen LogP contribution in [0.15, 0.2) is 54.6 Å². The Morgan fingerprint density at radius 2 is 1.41 bits per heavy atom. The normalized spacial score (nSPS) is 18.9. The van der Waals surface area contributed by atoms with Gasteiger partial charge < -0.3 is 51.5 Å². The molecular weight excluding hydrogens is 949 g/mol. The van der Waals surface area contributed by atoms with Crippen LogP contribution in [0.4, 0.5) is 4.79 Å². The number of nitrogens with zero attached hydrogens (tertiary/aromatic N) is 1. The van der Waals surface area contributed by atoms with Gasteiger partial charge in [-0.05, 0) is 25.0 Å². The van der Waals surface area contributed by atoms with Crippen molar-refractivity contribution in [3.05, 3.63) is 71.3 Å². The molecule has 3 fully saturated rings. The summed E-state index contributed by atoms with van der Waals surface area (Å²) in [6.45, 7) is 0.0986. The maximum atomic E-state index is 13.2. The number of thioether (sulfide) groups is 1. The highest BCUT2D eigenvalue weighted by Crippen LogP contribution is 2.33. The van der Waals surface area contributed by atoms with Crippen molar-refractivity contribution in [1.82, 2.24) is 42.3 Å². The first-order valence-electron chi connectivity index (χ1n) is 22.0. The first-order chi connectivity index (χ1) is 33.0. The Hall–Kier alpha value is -6.48. The second-order valence-corrected chi connectivity index (χ2v) is 18.7. The molecule has 9 amide bonds. The van der Waals surface area contributed by atoms with Crippen LogP contribution in [0.3, 0.4) is 0 Å². The van der Waals surface area contributed by atoms with Crippen LogP contribution < -0.4 is 37.2 Å². The second-order valence-electron chi connectivity index (χ2n) is 15.8. The van der Waals surface area contributed by atoms with Crippen molar-refractivity contribution in [3.63, 3.8) is 0 Å². The molecule has 2 aromatic carbocycles. The Morgan fingerprint density at radius 3 is 2.07 bits per heavy atom. The fraction of sp³-hybridized carbons (Fsp3) is 0.488. The van der Waals surface area contributed by atoms with Crippen molar-refractivity contribution in [2.75, 3.05) is 58.4 Å². The molecule has 8 N–H and O–H groups in total. The number of carbonyl (C=O) groups excluding carboxylic acids is 10. The smallest absolute Gasteiger partial charge is 0.333 e. The Morgan fingerprint density at radius 1 is 0.754 bits per heavy atom. The minimum Gasteiger partial charge on any atom is -0.377 e. The van der Waals surface area contributed by atoms with Crippen LogP contribution in [-0.4, -0.2) is 164 Å². The summed E-state index contributed by atoms with van der Waals surface area (Å²) < 4.78 is 42.8. The SMILES string of the molecule is O=C(CCCC[C@@H]1SC[C@@H]2NC(=O)N[C@@H]21)NCCOCCOCCNC(=O)CNC(=O)[C@H](CNC(=O)c1ccc(C(=O)c2ccccc2)cc1)NC(=O)CCC(=O)ON1C(=O)CC(S(=O)(=O)O)C1=O. The lowest BCUT2D eigenvalue weighted by atomic mass is 10.0. The minimum atomic E-state index is -4.98. The van der Waals surface area contributed by atoms with Gasteiger partial charge in [-0.25, -0.2) is 9.59 Å². The molecule has 374 valence electrons. The van der Waals surface area contributed by atoms with Gasteiger partial charge in [-0.2, -0.15) is 20.2 Å². The van der Waals surface area contributed by atoms with E-state index in [1.165, 1.54) is 24.3 Å². The molecule has 0 radical (unpaired) electrons. The van der Waals surface area contributed by atoms with Crippen LogP contribution >= 0.6 is 11.8 Å². The minimum absolute atomic E-state index is 0.0596. The number of benzene rings is 2. The van der Waals surface area contributed by atoms with Crippen LogP contribution in [0.2, 0.25) is 0 Å². The molecular formula is C43H54N8O16S2. The first kappa shape index (κ1) is 53.5. The van der Waals surface area contributed by atoms with E-state index in [0.717, 1.165) is 25.0 Å². The molecule has 0 aromatic heterocycles. The highest BCUT2D eigenvalue weighted by atomic mass is 32.2. The fourth-order valence-corrected chi connectivity index (χ4v) is 9.39. The molecule has 0 aliphatic carbocycles. The van der Waals surface area contributed by atoms with Crippen molar-refractivity contribution >= 4 is 81.0 Å². The lowest BCUT2D eigenvalue weighted by Crippen LogP contribution is -2.54. The number of urea groups is 1. The zero-order valence-electron chi connectivity index (χ0n) is 37.2. The van der Waals surface area contributed by atoms with E-state index < -0.39 is 95.2 Å². The van der Waals surface area contributed by atoms with Crippen LogP contribution in [-0.2, 0) is 58.0 Å². The monoisotopic (exact) mass is 1000 g/mol. The summed E-state index contributed by atoms with van der Waals surface area (Å²) in [5.41, 5.74) is 0.845. The van der Waals surface area contributed by atoms with Crippen LogP contribution in [0.25, 0.3) is 0 Å². The van der Waals surface area contributed by atoms with Gasteiger partial charge in [-0.3, -0.25) is 42.9 Å². The Bertz CT molecular complexity index is 2320. The van der Waals surface area contributed by atoms with Gasteiger partial charge in [-0.1, -0.05) is 48.9 Å². The Kier molecular flexibility index (Phi) is 20.4. The number of hydroxylamine groups is 2. The van der Waals surface area contributed by atoms with E-state index >= 15 is 0 Å². The van der Waals surface area contributed by atoms with Gasteiger partial charge in [0, 0.05) is 60.2 Å². The average Bonchev–Trinajstić information content (AvgIpc) is 3.98.